The topological polar surface area (TPSA) is 117 Å². The smallest absolute Gasteiger partial charge is 0.304 e. The lowest BCUT2D eigenvalue weighted by Crippen LogP contribution is -2.58. The van der Waals surface area contributed by atoms with Crippen molar-refractivity contribution in [2.75, 3.05) is 6.54 Å². The van der Waals surface area contributed by atoms with Crippen LogP contribution in [0.15, 0.2) is 42.7 Å². The summed E-state index contributed by atoms with van der Waals surface area (Å²) in [4.78, 5) is 32.0. The number of amides is 1. The number of likely N-dealkylation sites (tertiary alicyclic amines) is 1. The summed E-state index contributed by atoms with van der Waals surface area (Å²) >= 11 is 12.5. The number of nitrogens with one attached hydrogen (secondary N) is 1. The van der Waals surface area contributed by atoms with Crippen molar-refractivity contribution in [3.8, 4) is 0 Å². The molecule has 1 saturated carbocycles. The molecule has 4 rings (SSSR count). The molecule has 2 heterocycles. The van der Waals surface area contributed by atoms with Gasteiger partial charge >= 0.3 is 5.97 Å². The largest absolute Gasteiger partial charge is 0.481 e. The highest BCUT2D eigenvalue weighted by molar-refractivity contribution is 7.90. The van der Waals surface area contributed by atoms with Gasteiger partial charge in [-0.3, -0.25) is 14.6 Å². The lowest BCUT2D eigenvalue weighted by Gasteiger charge is -2.51. The summed E-state index contributed by atoms with van der Waals surface area (Å²) in [5.41, 5.74) is 0.364. The summed E-state index contributed by atoms with van der Waals surface area (Å²) in [6.07, 6.45) is 4.83. The fourth-order valence-electron chi connectivity index (χ4n) is 5.32. The van der Waals surface area contributed by atoms with Crippen molar-refractivity contribution in [2.24, 2.45) is 5.41 Å². The number of carbonyl (C=O) groups is 2. The van der Waals surface area contributed by atoms with Crippen LogP contribution in [0.3, 0.4) is 0 Å². The summed E-state index contributed by atoms with van der Waals surface area (Å²) in [5.74, 6) is -1.74. The Hall–Kier alpha value is -2.20. The van der Waals surface area contributed by atoms with E-state index in [4.69, 9.17) is 23.2 Å². The van der Waals surface area contributed by atoms with Crippen molar-refractivity contribution in [2.45, 2.75) is 69.2 Å². The first kappa shape index (κ1) is 27.8. The van der Waals surface area contributed by atoms with Crippen LogP contribution in [0.5, 0.6) is 0 Å². The summed E-state index contributed by atoms with van der Waals surface area (Å²) in [7, 11) is -3.48. The van der Waals surface area contributed by atoms with Gasteiger partial charge in [0, 0.05) is 35.9 Å². The highest BCUT2D eigenvalue weighted by Crippen LogP contribution is 2.52. The number of carbonyl (C=O) groups excluding carboxylic acids is 1. The second-order valence-electron chi connectivity index (χ2n) is 10.2. The van der Waals surface area contributed by atoms with Crippen molar-refractivity contribution in [3.05, 3.63) is 63.9 Å². The van der Waals surface area contributed by atoms with Crippen LogP contribution in [-0.2, 0) is 19.6 Å². The molecule has 1 aliphatic carbocycles. The molecular formula is C26H31Cl2N3O5S. The molecule has 2 aromatic rings. The van der Waals surface area contributed by atoms with E-state index in [1.807, 2.05) is 19.1 Å². The van der Waals surface area contributed by atoms with Gasteiger partial charge in [0.25, 0.3) is 0 Å². The van der Waals surface area contributed by atoms with E-state index in [1.165, 1.54) is 6.20 Å². The number of hydrogen-bond donors (Lipinski definition) is 2. The lowest BCUT2D eigenvalue weighted by molar-refractivity contribution is -0.160. The number of rotatable bonds is 10. The first-order valence-electron chi connectivity index (χ1n) is 12.3. The van der Waals surface area contributed by atoms with E-state index in [1.54, 1.807) is 36.2 Å². The van der Waals surface area contributed by atoms with Gasteiger partial charge in [-0.05, 0) is 55.0 Å². The molecular weight excluding hydrogens is 537 g/mol. The number of carboxylic acid groups (broad SMARTS) is 1. The van der Waals surface area contributed by atoms with E-state index in [0.717, 1.165) is 11.1 Å². The third kappa shape index (κ3) is 6.11. The van der Waals surface area contributed by atoms with Crippen molar-refractivity contribution in [3.63, 3.8) is 0 Å². The lowest BCUT2D eigenvalue weighted by atomic mass is 9.67. The average molecular weight is 569 g/mol. The number of carboxylic acids is 1. The predicted octanol–water partition coefficient (Wildman–Crippen LogP) is 4.79. The maximum atomic E-state index is 14.2. The highest BCUT2D eigenvalue weighted by Gasteiger charge is 2.52. The number of piperidine rings is 1. The molecule has 1 saturated heterocycles. The minimum atomic E-state index is -3.48. The van der Waals surface area contributed by atoms with Gasteiger partial charge in [0.2, 0.25) is 15.9 Å². The standard InChI is InChI=1S/C26H31Cl2N3O5S/c1-3-20(15-30-37(35,36)21-8-9-21)31-24(16-4-6-18(27)7-5-16)22(17-10-19(28)14-29-13-17)11-26(2,25(31)34)12-23(32)33/h4-7,10,13-14,20-22,24,30H,3,8-9,11-12,15H2,1-2H3,(H,32,33)/t20-,22+,24+,26+/m0/s1. The Morgan fingerprint density at radius 2 is 1.86 bits per heavy atom. The van der Waals surface area contributed by atoms with Crippen LogP contribution in [-0.4, -0.2) is 53.1 Å². The number of aromatic nitrogens is 1. The Labute approximate surface area is 227 Å². The molecule has 0 bridgehead atoms. The Kier molecular flexibility index (Phi) is 8.19. The number of aliphatic carboxylic acids is 1. The minimum absolute atomic E-state index is 0.0365. The van der Waals surface area contributed by atoms with Gasteiger partial charge in [0.05, 0.1) is 28.2 Å². The zero-order valence-corrected chi connectivity index (χ0v) is 23.1. The number of nitrogens with zero attached hydrogens (tertiary/aromatic N) is 2. The van der Waals surface area contributed by atoms with Crippen LogP contribution in [0.1, 0.15) is 69.0 Å². The third-order valence-electron chi connectivity index (χ3n) is 7.36. The van der Waals surface area contributed by atoms with Gasteiger partial charge < -0.3 is 10.0 Å². The van der Waals surface area contributed by atoms with E-state index in [2.05, 4.69) is 9.71 Å². The Bertz CT molecular complexity index is 1270. The number of benzene rings is 1. The van der Waals surface area contributed by atoms with Crippen molar-refractivity contribution in [1.29, 1.82) is 0 Å². The van der Waals surface area contributed by atoms with Crippen LogP contribution >= 0.6 is 23.2 Å². The molecule has 11 heteroatoms. The summed E-state index contributed by atoms with van der Waals surface area (Å²) < 4.78 is 28.0. The van der Waals surface area contributed by atoms with E-state index in [-0.39, 0.29) is 31.2 Å². The predicted molar refractivity (Wildman–Crippen MR) is 142 cm³/mol. The maximum Gasteiger partial charge on any atom is 0.304 e. The molecule has 200 valence electrons. The van der Waals surface area contributed by atoms with Crippen molar-refractivity contribution < 1.29 is 23.1 Å². The Morgan fingerprint density at radius 1 is 1.19 bits per heavy atom. The van der Waals surface area contributed by atoms with Crippen LogP contribution < -0.4 is 4.72 Å². The van der Waals surface area contributed by atoms with E-state index in [9.17, 15) is 23.1 Å². The van der Waals surface area contributed by atoms with Crippen molar-refractivity contribution in [1.82, 2.24) is 14.6 Å². The second-order valence-corrected chi connectivity index (χ2v) is 13.2. The van der Waals surface area contributed by atoms with Crippen molar-refractivity contribution >= 4 is 45.1 Å². The van der Waals surface area contributed by atoms with E-state index < -0.39 is 38.7 Å². The van der Waals surface area contributed by atoms with E-state index in [0.29, 0.717) is 29.3 Å². The molecule has 0 unspecified atom stereocenters. The summed E-state index contributed by atoms with van der Waals surface area (Å²) in [6.45, 7) is 3.59. The molecule has 2 N–H and O–H groups in total. The molecule has 2 aliphatic rings. The van der Waals surface area contributed by atoms with Crippen LogP contribution in [0.25, 0.3) is 0 Å². The molecule has 0 radical (unpaired) electrons. The first-order chi connectivity index (χ1) is 17.4. The maximum absolute atomic E-state index is 14.2. The molecule has 8 nitrogen and oxygen atoms in total. The fourth-order valence-corrected chi connectivity index (χ4v) is 7.05. The minimum Gasteiger partial charge on any atom is -0.481 e. The zero-order chi connectivity index (χ0) is 27.0. The molecule has 1 amide bonds. The molecule has 1 aliphatic heterocycles. The number of sulfonamides is 1. The van der Waals surface area contributed by atoms with Crippen LogP contribution in [0.4, 0.5) is 0 Å². The number of pyridine rings is 1. The molecule has 1 aromatic heterocycles. The first-order valence-corrected chi connectivity index (χ1v) is 14.6. The Morgan fingerprint density at radius 3 is 2.43 bits per heavy atom. The molecule has 37 heavy (non-hydrogen) atoms. The molecule has 2 fully saturated rings. The normalized spacial score (nSPS) is 25.2. The van der Waals surface area contributed by atoms with Crippen LogP contribution in [0, 0.1) is 5.41 Å². The SMILES string of the molecule is CC[C@@H](CNS(=O)(=O)C1CC1)N1C(=O)[C@@](C)(CC(=O)O)C[C@H](c2cncc(Cl)c2)[C@H]1c1ccc(Cl)cc1. The zero-order valence-electron chi connectivity index (χ0n) is 20.7. The van der Waals surface area contributed by atoms with Gasteiger partial charge in [-0.25, -0.2) is 13.1 Å². The number of hydrogen-bond acceptors (Lipinski definition) is 5. The highest BCUT2D eigenvalue weighted by atomic mass is 35.5. The number of halogens is 2. The molecule has 1 aromatic carbocycles. The van der Waals surface area contributed by atoms with E-state index >= 15 is 0 Å². The van der Waals surface area contributed by atoms with Gasteiger partial charge in [-0.15, -0.1) is 0 Å². The van der Waals surface area contributed by atoms with Gasteiger partial charge in [0.1, 0.15) is 0 Å². The summed E-state index contributed by atoms with van der Waals surface area (Å²) in [5, 5.41) is 10.3. The average Bonchev–Trinajstić information content (AvgIpc) is 3.68. The second kappa shape index (κ2) is 10.9. The Balaban J connectivity index is 1.83. The van der Waals surface area contributed by atoms with Gasteiger partial charge in [-0.1, -0.05) is 49.2 Å². The summed E-state index contributed by atoms with van der Waals surface area (Å²) in [6, 6.07) is 7.95. The molecule has 0 spiro atoms. The van der Waals surface area contributed by atoms with Gasteiger partial charge in [0.15, 0.2) is 0 Å². The van der Waals surface area contributed by atoms with Gasteiger partial charge in [-0.2, -0.15) is 0 Å². The fraction of sp³-hybridized carbons (Fsp3) is 0.500. The monoisotopic (exact) mass is 567 g/mol. The quantitative estimate of drug-likeness (QED) is 0.426. The molecule has 4 atom stereocenters. The third-order valence-corrected chi connectivity index (χ3v) is 9.73. The van der Waals surface area contributed by atoms with Crippen LogP contribution in [0.2, 0.25) is 10.0 Å².